The van der Waals surface area contributed by atoms with Gasteiger partial charge < -0.3 is 9.64 Å². The van der Waals surface area contributed by atoms with Crippen LogP contribution in [0.15, 0.2) is 24.3 Å². The van der Waals surface area contributed by atoms with Gasteiger partial charge in [-0.05, 0) is 38.1 Å². The molecular formula is C16H20FN5O2. The van der Waals surface area contributed by atoms with E-state index in [-0.39, 0.29) is 11.9 Å². The van der Waals surface area contributed by atoms with Gasteiger partial charge >= 0.3 is 6.09 Å². The van der Waals surface area contributed by atoms with Gasteiger partial charge in [-0.3, -0.25) is 9.47 Å². The summed E-state index contributed by atoms with van der Waals surface area (Å²) < 4.78 is 20.0. The van der Waals surface area contributed by atoms with Crippen LogP contribution < -0.4 is 4.90 Å². The summed E-state index contributed by atoms with van der Waals surface area (Å²) in [6, 6.07) is 6.14. The van der Waals surface area contributed by atoms with Crippen LogP contribution in [0.5, 0.6) is 0 Å². The monoisotopic (exact) mass is 333 g/mol. The molecule has 2 heterocycles. The van der Waals surface area contributed by atoms with Crippen molar-refractivity contribution in [3.05, 3.63) is 35.9 Å². The van der Waals surface area contributed by atoms with Gasteiger partial charge in [0.1, 0.15) is 18.0 Å². The third kappa shape index (κ3) is 2.57. The lowest BCUT2D eigenvalue weighted by atomic mass is 10.0. The Morgan fingerprint density at radius 3 is 2.50 bits per heavy atom. The highest BCUT2D eigenvalue weighted by atomic mass is 19.1. The zero-order chi connectivity index (χ0) is 17.5. The predicted molar refractivity (Wildman–Crippen MR) is 86.5 cm³/mol. The molecule has 0 saturated carbocycles. The van der Waals surface area contributed by atoms with Gasteiger partial charge in [-0.25, -0.2) is 9.18 Å². The molecule has 2 aromatic rings. The van der Waals surface area contributed by atoms with Crippen molar-refractivity contribution in [1.29, 1.82) is 0 Å². The summed E-state index contributed by atoms with van der Waals surface area (Å²) in [5, 5.41) is 8.52. The van der Waals surface area contributed by atoms with Crippen LogP contribution in [0.1, 0.15) is 19.7 Å². The number of rotatable bonds is 4. The van der Waals surface area contributed by atoms with E-state index in [1.807, 2.05) is 37.4 Å². The number of amides is 1. The lowest BCUT2D eigenvalue weighted by molar-refractivity contribution is 0.120. The maximum absolute atomic E-state index is 13.1. The van der Waals surface area contributed by atoms with E-state index < -0.39 is 5.54 Å². The van der Waals surface area contributed by atoms with Crippen LogP contribution in [0.25, 0.3) is 0 Å². The van der Waals surface area contributed by atoms with Gasteiger partial charge in [0.15, 0.2) is 5.82 Å². The Morgan fingerprint density at radius 2 is 1.92 bits per heavy atom. The highest BCUT2D eigenvalue weighted by molar-refractivity contribution is 5.70. The van der Waals surface area contributed by atoms with Crippen molar-refractivity contribution in [1.82, 2.24) is 19.7 Å². The lowest BCUT2D eigenvalue weighted by Crippen LogP contribution is -2.44. The largest absolute Gasteiger partial charge is 0.448 e. The fourth-order valence-electron chi connectivity index (χ4n) is 2.95. The first-order valence-corrected chi connectivity index (χ1v) is 7.66. The molecule has 0 bridgehead atoms. The minimum Gasteiger partial charge on any atom is -0.448 e. The van der Waals surface area contributed by atoms with Crippen LogP contribution in [0.3, 0.4) is 0 Å². The molecule has 1 aliphatic rings. The number of carbonyl (C=O) groups is 1. The first-order valence-electron chi connectivity index (χ1n) is 7.66. The highest BCUT2D eigenvalue weighted by Gasteiger charge is 2.40. The number of halogens is 1. The van der Waals surface area contributed by atoms with Crippen LogP contribution in [-0.2, 0) is 17.3 Å². The van der Waals surface area contributed by atoms with E-state index in [1.165, 1.54) is 12.1 Å². The molecule has 0 N–H and O–H groups in total. The Morgan fingerprint density at radius 1 is 1.25 bits per heavy atom. The van der Waals surface area contributed by atoms with Gasteiger partial charge in [-0.15, -0.1) is 10.2 Å². The van der Waals surface area contributed by atoms with Crippen molar-refractivity contribution in [2.24, 2.45) is 7.05 Å². The average molecular weight is 333 g/mol. The maximum atomic E-state index is 13.1. The molecule has 7 nitrogen and oxygen atoms in total. The summed E-state index contributed by atoms with van der Waals surface area (Å²) in [4.78, 5) is 15.4. The molecule has 0 atom stereocenters. The fourth-order valence-corrected chi connectivity index (χ4v) is 2.95. The van der Waals surface area contributed by atoms with E-state index >= 15 is 0 Å². The van der Waals surface area contributed by atoms with Crippen LogP contribution in [0.2, 0.25) is 0 Å². The molecule has 3 rings (SSSR count). The minimum atomic E-state index is -0.656. The second kappa shape index (κ2) is 5.77. The topological polar surface area (TPSA) is 63.5 Å². The van der Waals surface area contributed by atoms with Gasteiger partial charge in [-0.2, -0.15) is 0 Å². The minimum absolute atomic E-state index is 0.292. The second-order valence-corrected chi connectivity index (χ2v) is 6.24. The van der Waals surface area contributed by atoms with Crippen LogP contribution in [0, 0.1) is 5.82 Å². The number of hydrogen-bond donors (Lipinski definition) is 0. The molecule has 0 unspecified atom stereocenters. The Bertz CT molecular complexity index is 756. The SMILES string of the molecule is CN(c1ccc(F)cc1)c1nnc(C(C)(C)N2CCOC2=O)n1C. The van der Waals surface area contributed by atoms with Crippen LogP contribution in [-0.4, -0.2) is 46.0 Å². The van der Waals surface area contributed by atoms with Gasteiger partial charge in [0.2, 0.25) is 5.95 Å². The molecule has 128 valence electrons. The normalized spacial score (nSPS) is 14.9. The molecule has 0 aliphatic carbocycles. The standard InChI is InChI=1S/C16H20FN5O2/c1-16(2,22-9-10-24-15(22)23)13-18-19-14(21(13)4)20(3)12-7-5-11(17)6-8-12/h5-8H,9-10H2,1-4H3. The van der Waals surface area contributed by atoms with Gasteiger partial charge in [-0.1, -0.05) is 0 Å². The average Bonchev–Trinajstić information content (AvgIpc) is 3.14. The van der Waals surface area contributed by atoms with Crippen molar-refractivity contribution in [2.75, 3.05) is 25.1 Å². The summed E-state index contributed by atoms with van der Waals surface area (Å²) in [5.74, 6) is 0.946. The van der Waals surface area contributed by atoms with Gasteiger partial charge in [0, 0.05) is 19.8 Å². The Labute approximate surface area is 139 Å². The Balaban J connectivity index is 1.93. The molecular weight excluding hydrogens is 313 g/mol. The predicted octanol–water partition coefficient (Wildman–Crippen LogP) is 2.41. The fraction of sp³-hybridized carbons (Fsp3) is 0.438. The van der Waals surface area contributed by atoms with Crippen molar-refractivity contribution >= 4 is 17.7 Å². The number of benzene rings is 1. The Hall–Kier alpha value is -2.64. The molecule has 0 spiro atoms. The number of aromatic nitrogens is 3. The Kier molecular flexibility index (Phi) is 3.90. The van der Waals surface area contributed by atoms with Gasteiger partial charge in [0.25, 0.3) is 0 Å². The quantitative estimate of drug-likeness (QED) is 0.860. The number of ether oxygens (including phenoxy) is 1. The number of carbonyl (C=O) groups excluding carboxylic acids is 1. The number of cyclic esters (lactones) is 1. The van der Waals surface area contributed by atoms with Gasteiger partial charge in [0.05, 0.1) is 6.54 Å². The molecule has 8 heteroatoms. The number of anilines is 2. The molecule has 0 radical (unpaired) electrons. The summed E-state index contributed by atoms with van der Waals surface area (Å²) >= 11 is 0. The molecule has 1 fully saturated rings. The second-order valence-electron chi connectivity index (χ2n) is 6.24. The van der Waals surface area contributed by atoms with E-state index in [0.717, 1.165) is 5.69 Å². The summed E-state index contributed by atoms with van der Waals surface area (Å²) in [6.07, 6.45) is -0.351. The maximum Gasteiger partial charge on any atom is 0.410 e. The highest BCUT2D eigenvalue weighted by Crippen LogP contribution is 2.31. The van der Waals surface area contributed by atoms with E-state index in [9.17, 15) is 9.18 Å². The molecule has 1 amide bonds. The first-order chi connectivity index (χ1) is 11.3. The van der Waals surface area contributed by atoms with Crippen molar-refractivity contribution in [2.45, 2.75) is 19.4 Å². The number of nitrogens with zero attached hydrogens (tertiary/aromatic N) is 5. The summed E-state index contributed by atoms with van der Waals surface area (Å²) in [7, 11) is 3.67. The van der Waals surface area contributed by atoms with Crippen LogP contribution in [0.4, 0.5) is 20.8 Å². The smallest absolute Gasteiger partial charge is 0.410 e. The van der Waals surface area contributed by atoms with Crippen molar-refractivity contribution in [3.8, 4) is 0 Å². The van der Waals surface area contributed by atoms with E-state index in [0.29, 0.717) is 24.9 Å². The number of hydrogen-bond acceptors (Lipinski definition) is 5. The molecule has 1 saturated heterocycles. The molecule has 1 aromatic carbocycles. The van der Waals surface area contributed by atoms with E-state index in [2.05, 4.69) is 10.2 Å². The lowest BCUT2D eigenvalue weighted by Gasteiger charge is -2.32. The third-order valence-electron chi connectivity index (χ3n) is 4.35. The van der Waals surface area contributed by atoms with Crippen LogP contribution >= 0.6 is 0 Å². The van der Waals surface area contributed by atoms with Crippen molar-refractivity contribution in [3.63, 3.8) is 0 Å². The van der Waals surface area contributed by atoms with Crippen molar-refractivity contribution < 1.29 is 13.9 Å². The molecule has 24 heavy (non-hydrogen) atoms. The molecule has 1 aliphatic heterocycles. The summed E-state index contributed by atoms with van der Waals surface area (Å²) in [6.45, 7) is 4.71. The van der Waals surface area contributed by atoms with E-state index in [4.69, 9.17) is 4.74 Å². The third-order valence-corrected chi connectivity index (χ3v) is 4.35. The van der Waals surface area contributed by atoms with E-state index in [1.54, 1.807) is 17.0 Å². The first kappa shape index (κ1) is 16.2. The summed E-state index contributed by atoms with van der Waals surface area (Å²) in [5.41, 5.74) is 0.133. The zero-order valence-electron chi connectivity index (χ0n) is 14.2. The zero-order valence-corrected chi connectivity index (χ0v) is 14.2. The molecule has 1 aromatic heterocycles.